The molecule has 4 heteroatoms. The predicted molar refractivity (Wildman–Crippen MR) is 76.3 cm³/mol. The summed E-state index contributed by atoms with van der Waals surface area (Å²) in [6.07, 6.45) is 4.95. The Labute approximate surface area is 114 Å². The number of anilines is 1. The molecule has 2 rings (SSSR count). The summed E-state index contributed by atoms with van der Waals surface area (Å²) in [5.74, 6) is 1.05. The summed E-state index contributed by atoms with van der Waals surface area (Å²) in [4.78, 5) is 12.3. The fraction of sp³-hybridized carbons (Fsp3) is 0.533. The van der Waals surface area contributed by atoms with Gasteiger partial charge in [0.15, 0.2) is 0 Å². The first-order valence-electron chi connectivity index (χ1n) is 6.86. The third kappa shape index (κ3) is 3.19. The SMILES string of the molecule is COc1ccc(N)cc1C(=O)NC(C)C1CCCC1. The quantitative estimate of drug-likeness (QED) is 0.820. The summed E-state index contributed by atoms with van der Waals surface area (Å²) in [5.41, 5.74) is 6.81. The van der Waals surface area contributed by atoms with Gasteiger partial charge in [0.05, 0.1) is 12.7 Å². The molecule has 1 aliphatic carbocycles. The zero-order chi connectivity index (χ0) is 13.8. The first kappa shape index (κ1) is 13.7. The summed E-state index contributed by atoms with van der Waals surface area (Å²) >= 11 is 0. The molecule has 104 valence electrons. The van der Waals surface area contributed by atoms with Crippen molar-refractivity contribution in [3.05, 3.63) is 23.8 Å². The maximum absolute atomic E-state index is 12.3. The number of nitrogens with two attached hydrogens (primary N) is 1. The van der Waals surface area contributed by atoms with Gasteiger partial charge in [0, 0.05) is 11.7 Å². The molecule has 19 heavy (non-hydrogen) atoms. The van der Waals surface area contributed by atoms with Gasteiger partial charge in [-0.1, -0.05) is 12.8 Å². The molecule has 1 saturated carbocycles. The normalized spacial score (nSPS) is 17.2. The van der Waals surface area contributed by atoms with E-state index in [4.69, 9.17) is 10.5 Å². The van der Waals surface area contributed by atoms with E-state index in [0.29, 0.717) is 22.9 Å². The maximum atomic E-state index is 12.3. The Kier molecular flexibility index (Phi) is 4.30. The van der Waals surface area contributed by atoms with Crippen molar-refractivity contribution in [1.82, 2.24) is 5.32 Å². The number of hydrogen-bond donors (Lipinski definition) is 2. The summed E-state index contributed by atoms with van der Waals surface area (Å²) < 4.78 is 5.21. The maximum Gasteiger partial charge on any atom is 0.255 e. The highest BCUT2D eigenvalue weighted by molar-refractivity contribution is 5.98. The smallest absolute Gasteiger partial charge is 0.255 e. The van der Waals surface area contributed by atoms with Crippen LogP contribution in [0.15, 0.2) is 18.2 Å². The first-order chi connectivity index (χ1) is 9.11. The fourth-order valence-corrected chi connectivity index (χ4v) is 2.76. The van der Waals surface area contributed by atoms with Crippen molar-refractivity contribution in [3.8, 4) is 5.75 Å². The molecule has 0 aliphatic heterocycles. The number of ether oxygens (including phenoxy) is 1. The first-order valence-corrected chi connectivity index (χ1v) is 6.86. The molecule has 1 unspecified atom stereocenters. The minimum absolute atomic E-state index is 0.108. The van der Waals surface area contributed by atoms with Gasteiger partial charge in [0.25, 0.3) is 5.91 Å². The van der Waals surface area contributed by atoms with Gasteiger partial charge >= 0.3 is 0 Å². The molecule has 1 atom stereocenters. The molecular formula is C15H22N2O2. The van der Waals surface area contributed by atoms with E-state index >= 15 is 0 Å². The fourth-order valence-electron chi connectivity index (χ4n) is 2.76. The third-order valence-corrected chi connectivity index (χ3v) is 3.93. The van der Waals surface area contributed by atoms with E-state index in [1.165, 1.54) is 25.7 Å². The molecule has 3 N–H and O–H groups in total. The Morgan fingerprint density at radius 2 is 2.11 bits per heavy atom. The molecule has 4 nitrogen and oxygen atoms in total. The number of benzene rings is 1. The second-order valence-electron chi connectivity index (χ2n) is 5.27. The summed E-state index contributed by atoms with van der Waals surface area (Å²) in [6, 6.07) is 5.32. The number of nitrogens with one attached hydrogen (secondary N) is 1. The minimum Gasteiger partial charge on any atom is -0.496 e. The molecule has 0 radical (unpaired) electrons. The molecule has 0 bridgehead atoms. The van der Waals surface area contributed by atoms with Gasteiger partial charge in [-0.25, -0.2) is 0 Å². The second kappa shape index (κ2) is 5.95. The Morgan fingerprint density at radius 1 is 1.42 bits per heavy atom. The highest BCUT2D eigenvalue weighted by Gasteiger charge is 2.24. The van der Waals surface area contributed by atoms with Crippen LogP contribution >= 0.6 is 0 Å². The number of methoxy groups -OCH3 is 1. The van der Waals surface area contributed by atoms with Crippen LogP contribution in [0.1, 0.15) is 43.0 Å². The number of carbonyl (C=O) groups is 1. The number of nitrogen functional groups attached to an aromatic ring is 1. The van der Waals surface area contributed by atoms with E-state index < -0.39 is 0 Å². The van der Waals surface area contributed by atoms with E-state index in [-0.39, 0.29) is 11.9 Å². The minimum atomic E-state index is -0.108. The summed E-state index contributed by atoms with van der Waals surface area (Å²) in [7, 11) is 1.56. The molecule has 1 amide bonds. The third-order valence-electron chi connectivity index (χ3n) is 3.93. The lowest BCUT2D eigenvalue weighted by atomic mass is 9.99. The topological polar surface area (TPSA) is 64.3 Å². The average molecular weight is 262 g/mol. The number of carbonyl (C=O) groups excluding carboxylic acids is 1. The van der Waals surface area contributed by atoms with Gasteiger partial charge in [-0.05, 0) is 43.9 Å². The van der Waals surface area contributed by atoms with Crippen molar-refractivity contribution in [2.75, 3.05) is 12.8 Å². The van der Waals surface area contributed by atoms with Crippen LogP contribution in [0.5, 0.6) is 5.75 Å². The van der Waals surface area contributed by atoms with E-state index in [9.17, 15) is 4.79 Å². The largest absolute Gasteiger partial charge is 0.496 e. The number of hydrogen-bond acceptors (Lipinski definition) is 3. The van der Waals surface area contributed by atoms with Gasteiger partial charge in [-0.3, -0.25) is 4.79 Å². The van der Waals surface area contributed by atoms with Crippen molar-refractivity contribution in [1.29, 1.82) is 0 Å². The summed E-state index contributed by atoms with van der Waals surface area (Å²) in [6.45, 7) is 2.08. The van der Waals surface area contributed by atoms with Crippen molar-refractivity contribution >= 4 is 11.6 Å². The zero-order valence-electron chi connectivity index (χ0n) is 11.6. The number of rotatable bonds is 4. The molecule has 1 aromatic rings. The van der Waals surface area contributed by atoms with Crippen LogP contribution < -0.4 is 15.8 Å². The van der Waals surface area contributed by atoms with Crippen LogP contribution in [0.4, 0.5) is 5.69 Å². The van der Waals surface area contributed by atoms with Gasteiger partial charge < -0.3 is 15.8 Å². The lowest BCUT2D eigenvalue weighted by Crippen LogP contribution is -2.37. The molecule has 1 fully saturated rings. The molecule has 0 saturated heterocycles. The van der Waals surface area contributed by atoms with Crippen LogP contribution in [-0.4, -0.2) is 19.1 Å². The second-order valence-corrected chi connectivity index (χ2v) is 5.27. The van der Waals surface area contributed by atoms with E-state index in [1.54, 1.807) is 25.3 Å². The van der Waals surface area contributed by atoms with Crippen LogP contribution in [0.25, 0.3) is 0 Å². The highest BCUT2D eigenvalue weighted by Crippen LogP contribution is 2.28. The summed E-state index contributed by atoms with van der Waals surface area (Å²) in [5, 5.41) is 3.07. The molecule has 0 aromatic heterocycles. The Bertz CT molecular complexity index is 453. The molecular weight excluding hydrogens is 240 g/mol. The lowest BCUT2D eigenvalue weighted by molar-refractivity contribution is 0.0924. The van der Waals surface area contributed by atoms with E-state index in [1.807, 2.05) is 0 Å². The van der Waals surface area contributed by atoms with Gasteiger partial charge in [-0.2, -0.15) is 0 Å². The standard InChI is InChI=1S/C15H22N2O2/c1-10(11-5-3-4-6-11)17-15(18)13-9-12(16)7-8-14(13)19-2/h7-11H,3-6,16H2,1-2H3,(H,17,18). The van der Waals surface area contributed by atoms with E-state index in [0.717, 1.165) is 0 Å². The Balaban J connectivity index is 2.08. The van der Waals surface area contributed by atoms with Crippen molar-refractivity contribution in [2.45, 2.75) is 38.6 Å². The highest BCUT2D eigenvalue weighted by atomic mass is 16.5. The van der Waals surface area contributed by atoms with Crippen LogP contribution in [0.3, 0.4) is 0 Å². The molecule has 1 aliphatic rings. The molecule has 1 aromatic carbocycles. The molecule has 0 heterocycles. The van der Waals surface area contributed by atoms with Crippen molar-refractivity contribution in [2.24, 2.45) is 5.92 Å². The van der Waals surface area contributed by atoms with Gasteiger partial charge in [0.1, 0.15) is 5.75 Å². The zero-order valence-corrected chi connectivity index (χ0v) is 11.6. The van der Waals surface area contributed by atoms with Gasteiger partial charge in [0.2, 0.25) is 0 Å². The lowest BCUT2D eigenvalue weighted by Gasteiger charge is -2.21. The monoisotopic (exact) mass is 262 g/mol. The van der Waals surface area contributed by atoms with Crippen LogP contribution in [0.2, 0.25) is 0 Å². The predicted octanol–water partition coefficient (Wildman–Crippen LogP) is 2.59. The number of amides is 1. The van der Waals surface area contributed by atoms with Crippen molar-refractivity contribution in [3.63, 3.8) is 0 Å². The van der Waals surface area contributed by atoms with Gasteiger partial charge in [-0.15, -0.1) is 0 Å². The Hall–Kier alpha value is -1.71. The van der Waals surface area contributed by atoms with E-state index in [2.05, 4.69) is 12.2 Å². The van der Waals surface area contributed by atoms with Crippen LogP contribution in [0, 0.1) is 5.92 Å². The molecule has 0 spiro atoms. The van der Waals surface area contributed by atoms with Crippen molar-refractivity contribution < 1.29 is 9.53 Å². The van der Waals surface area contributed by atoms with Crippen LogP contribution in [-0.2, 0) is 0 Å². The Morgan fingerprint density at radius 3 is 2.74 bits per heavy atom. The average Bonchev–Trinajstić information content (AvgIpc) is 2.92.